The van der Waals surface area contributed by atoms with E-state index < -0.39 is 0 Å². The largest absolute Gasteiger partial charge is 0.508 e. The normalized spacial score (nSPS) is 10.9. The van der Waals surface area contributed by atoms with Gasteiger partial charge in [0, 0.05) is 199 Å². The first-order valence-electron chi connectivity index (χ1n) is 41.7. The second kappa shape index (κ2) is 38.9. The molecule has 23 heteroatoms. The highest BCUT2D eigenvalue weighted by molar-refractivity contribution is 6.06. The van der Waals surface area contributed by atoms with Gasteiger partial charge in [0.05, 0.1) is 56.8 Å². The number of imidazole rings is 3. The number of phenols is 4. The topological polar surface area (TPSA) is 269 Å². The minimum absolute atomic E-state index is 0.00324. The van der Waals surface area contributed by atoms with Gasteiger partial charge in [-0.25, -0.2) is 15.0 Å². The van der Waals surface area contributed by atoms with Gasteiger partial charge >= 0.3 is 0 Å². The number of aryl methyl sites for hydroxylation is 4. The highest BCUT2D eigenvalue weighted by Gasteiger charge is 2.31. The van der Waals surface area contributed by atoms with Gasteiger partial charge in [-0.3, -0.25) is 28.3 Å². The minimum Gasteiger partial charge on any atom is -0.508 e. The summed E-state index contributed by atoms with van der Waals surface area (Å²) in [7, 11) is 15.6. The van der Waals surface area contributed by atoms with Gasteiger partial charge in [0.1, 0.15) is 40.5 Å². The van der Waals surface area contributed by atoms with E-state index in [2.05, 4.69) is 112 Å². The molecule has 11 aromatic carbocycles. The Morgan fingerprint density at radius 3 is 1.19 bits per heavy atom. The zero-order valence-corrected chi connectivity index (χ0v) is 74.6. The Hall–Kier alpha value is -14.9. The van der Waals surface area contributed by atoms with Gasteiger partial charge < -0.3 is 70.8 Å². The number of nitrogens with zero attached hydrogens (tertiary/aromatic N) is 11. The first-order chi connectivity index (χ1) is 59.8. The van der Waals surface area contributed by atoms with E-state index in [0.717, 1.165) is 111 Å². The quantitative estimate of drug-likeness (QED) is 0.0279. The van der Waals surface area contributed by atoms with Crippen LogP contribution in [0, 0.1) is 27.7 Å². The third-order valence-electron chi connectivity index (χ3n) is 21.9. The van der Waals surface area contributed by atoms with Crippen molar-refractivity contribution in [3.05, 3.63) is 258 Å². The van der Waals surface area contributed by atoms with Gasteiger partial charge in [-0.15, -0.1) is 0 Å². The van der Waals surface area contributed by atoms with E-state index in [1.54, 1.807) is 28.8 Å². The molecule has 0 unspecified atom stereocenters. The van der Waals surface area contributed by atoms with Crippen LogP contribution in [-0.4, -0.2) is 156 Å². The number of H-pyrrole nitrogens is 1. The number of carbonyl (C=O) groups excluding carboxylic acids is 4. The summed E-state index contributed by atoms with van der Waals surface area (Å²) in [6.45, 7) is 24.2. The van der Waals surface area contributed by atoms with Crippen molar-refractivity contribution in [2.24, 2.45) is 0 Å². The molecule has 3 aromatic heterocycles. The molecule has 0 saturated heterocycles. The number of hydrogen-bond donors (Lipinski definition) is 8. The third kappa shape index (κ3) is 19.9. The fourth-order valence-corrected chi connectivity index (χ4v) is 15.4. The lowest BCUT2D eigenvalue weighted by molar-refractivity contribution is -0.115. The zero-order chi connectivity index (χ0) is 89.9. The predicted molar refractivity (Wildman–Crippen MR) is 512 cm³/mol. The number of para-hydroxylation sites is 1. The molecule has 0 aliphatic rings. The van der Waals surface area contributed by atoms with Crippen LogP contribution in [0.25, 0.3) is 107 Å². The SMILES string of the molecule is CC(=O)Nc1cc(N(C)C)ccc1-c1nc(-c2cc(C)c(O)c(C)c2)[nH]c1-c1ccc(N(C)C)cc1NC(C)=O.CC(=O)Nc1cc(N(C)C)ccc1-c1nc(-c2cc(C)c(O)c(C)c2)n(C(=O)c2ccccc2)c1-c1ccc(N(C)C)cc1.CCN(CC)c1ccc(-c2nc(-c3ccc(O)cc3O)n(-c3ccccc3)c2-c2ccc(N(CC)CC)cc2)cc1. The van der Waals surface area contributed by atoms with E-state index >= 15 is 0 Å². The van der Waals surface area contributed by atoms with Crippen molar-refractivity contribution in [3.63, 3.8) is 0 Å². The molecule has 3 heterocycles. The maximum Gasteiger partial charge on any atom is 0.264 e. The fraction of sp³-hybridized carbons (Fsp3) is 0.225. The number of rotatable bonds is 24. The number of aromatic amines is 1. The second-order valence-corrected chi connectivity index (χ2v) is 31.7. The minimum atomic E-state index is -0.250. The molecule has 14 rings (SSSR count). The molecule has 0 radical (unpaired) electrons. The van der Waals surface area contributed by atoms with Gasteiger partial charge in [0.15, 0.2) is 0 Å². The van der Waals surface area contributed by atoms with Crippen molar-refractivity contribution in [2.75, 3.05) is 128 Å². The van der Waals surface area contributed by atoms with E-state index in [1.807, 2.05) is 255 Å². The summed E-state index contributed by atoms with van der Waals surface area (Å²) in [5.74, 6) is 1.17. The van der Waals surface area contributed by atoms with Crippen LogP contribution in [0.3, 0.4) is 0 Å². The monoisotopic (exact) mass is 1670 g/mol. The van der Waals surface area contributed by atoms with Crippen molar-refractivity contribution in [3.8, 4) is 130 Å². The molecular weight excluding hydrogens is 1560 g/mol. The number of phenolic OH excluding ortho intramolecular Hbond substituents is 4. The molecule has 0 aliphatic carbocycles. The lowest BCUT2D eigenvalue weighted by Crippen LogP contribution is -2.21. The maximum absolute atomic E-state index is 14.5. The van der Waals surface area contributed by atoms with Gasteiger partial charge in [0.25, 0.3) is 5.91 Å². The summed E-state index contributed by atoms with van der Waals surface area (Å²) in [4.78, 5) is 82.7. The Balaban J connectivity index is 0.000000171. The summed E-state index contributed by atoms with van der Waals surface area (Å²) >= 11 is 0. The number of aromatic nitrogens is 6. The summed E-state index contributed by atoms with van der Waals surface area (Å²) in [5, 5.41) is 50.8. The molecule has 14 aromatic rings. The van der Waals surface area contributed by atoms with Crippen LogP contribution in [0.2, 0.25) is 0 Å². The molecule has 0 atom stereocenters. The number of hydrogen-bond acceptors (Lipinski definition) is 17. The maximum atomic E-state index is 14.5. The molecule has 0 aliphatic heterocycles. The number of benzene rings is 11. The smallest absolute Gasteiger partial charge is 0.264 e. The fourth-order valence-electron chi connectivity index (χ4n) is 15.4. The van der Waals surface area contributed by atoms with Gasteiger partial charge in [0.2, 0.25) is 17.7 Å². The second-order valence-electron chi connectivity index (χ2n) is 31.7. The van der Waals surface area contributed by atoms with Gasteiger partial charge in [-0.1, -0.05) is 72.8 Å². The average molecular weight is 1680 g/mol. The summed E-state index contributed by atoms with van der Waals surface area (Å²) < 4.78 is 3.75. The Labute approximate surface area is 732 Å². The highest BCUT2D eigenvalue weighted by atomic mass is 16.3. The Bertz CT molecular complexity index is 6110. The van der Waals surface area contributed by atoms with Crippen LogP contribution in [0.4, 0.5) is 51.2 Å². The summed E-state index contributed by atoms with van der Waals surface area (Å²) in [6.07, 6.45) is 0. The average Bonchev–Trinajstić information content (AvgIpc) is 1.61. The van der Waals surface area contributed by atoms with E-state index in [0.29, 0.717) is 90.7 Å². The standard InChI is InChI=1S/C36H37N5O3.C35H38N4O2.C31H36N6O3/c1-22-19-27(20-23(2)34(22)43)35-38-32(30-18-17-29(40(6)7)21-31(30)37-24(3)42)33(25-13-15-28(16-14-25)39(4)5)41(35)36(44)26-11-9-8-10-12-26;1-5-37(6-2)27-18-14-25(15-19-27)33-34(26-16-20-28(21-17-26)38(7-3)8-4)39(29-12-10-9-11-13-29)35(36-33)31-23-22-30(40)24-32(31)41;1-17-13-21(14-18(2)30(17)40)31-34-28(24-11-9-22(36(5)6)15-26(24)32-19(3)38)29(35-31)25-12-10-23(37(7)8)16-27(25)33-20(4)39/h8-21,43H,1-7H3,(H,37,42);9-24,40-41H,5-8H2,1-4H3;9-16,40H,1-8H3,(H,32,38)(H,33,39)(H,34,35). The van der Waals surface area contributed by atoms with Crippen LogP contribution in [0.15, 0.2) is 231 Å². The van der Waals surface area contributed by atoms with Crippen molar-refractivity contribution in [2.45, 2.75) is 76.2 Å². The Morgan fingerprint density at radius 1 is 0.368 bits per heavy atom. The van der Waals surface area contributed by atoms with E-state index in [-0.39, 0.29) is 46.6 Å². The highest BCUT2D eigenvalue weighted by Crippen LogP contribution is 2.47. The van der Waals surface area contributed by atoms with E-state index in [9.17, 15) is 39.6 Å². The molecule has 642 valence electrons. The van der Waals surface area contributed by atoms with Gasteiger partial charge in [-0.2, -0.15) is 0 Å². The predicted octanol–water partition coefficient (Wildman–Crippen LogP) is 20.7. The number of carbonyl (C=O) groups is 4. The van der Waals surface area contributed by atoms with Crippen LogP contribution in [0.5, 0.6) is 23.0 Å². The van der Waals surface area contributed by atoms with Crippen molar-refractivity contribution < 1.29 is 39.6 Å². The number of aromatic hydroxyl groups is 4. The van der Waals surface area contributed by atoms with Gasteiger partial charge in [-0.05, 0) is 229 Å². The number of amides is 3. The first kappa shape index (κ1) is 89.4. The van der Waals surface area contributed by atoms with Crippen LogP contribution >= 0.6 is 0 Å². The Kier molecular flexibility index (Phi) is 27.8. The molecule has 3 amide bonds. The molecule has 0 bridgehead atoms. The number of anilines is 9. The third-order valence-corrected chi connectivity index (χ3v) is 21.9. The molecule has 0 saturated carbocycles. The number of nitrogens with one attached hydrogen (secondary N) is 4. The molecular formula is C102H111N15O8. The molecule has 0 fully saturated rings. The molecule has 23 nitrogen and oxygen atoms in total. The molecule has 8 N–H and O–H groups in total. The van der Waals surface area contributed by atoms with Crippen molar-refractivity contribution in [1.29, 1.82) is 0 Å². The lowest BCUT2D eigenvalue weighted by atomic mass is 10.0. The van der Waals surface area contributed by atoms with E-state index in [1.165, 1.54) is 38.2 Å². The Morgan fingerprint density at radius 2 is 0.752 bits per heavy atom. The lowest BCUT2D eigenvalue weighted by Gasteiger charge is -2.22. The van der Waals surface area contributed by atoms with Crippen molar-refractivity contribution in [1.82, 2.24) is 29.1 Å². The first-order valence-corrected chi connectivity index (χ1v) is 41.7. The van der Waals surface area contributed by atoms with Crippen LogP contribution in [0.1, 0.15) is 81.1 Å². The molecule has 0 spiro atoms. The van der Waals surface area contributed by atoms with Crippen molar-refractivity contribution >= 4 is 74.8 Å². The van der Waals surface area contributed by atoms with E-state index in [4.69, 9.17) is 15.0 Å². The summed E-state index contributed by atoms with van der Waals surface area (Å²) in [6, 6.07) is 73.9. The zero-order valence-electron chi connectivity index (χ0n) is 74.6. The van der Waals surface area contributed by atoms with Crippen LogP contribution in [-0.2, 0) is 14.4 Å². The molecule has 125 heavy (non-hydrogen) atoms. The summed E-state index contributed by atoms with van der Waals surface area (Å²) in [5.41, 5.74) is 23.3. The van der Waals surface area contributed by atoms with Crippen LogP contribution < -0.4 is 45.3 Å².